The van der Waals surface area contributed by atoms with E-state index in [4.69, 9.17) is 23.2 Å². The van der Waals surface area contributed by atoms with Crippen LogP contribution in [0.5, 0.6) is 0 Å². The maximum atomic E-state index is 12.9. The number of rotatable bonds is 3. The topological polar surface area (TPSA) is 37.3 Å². The van der Waals surface area contributed by atoms with Crippen molar-refractivity contribution in [1.29, 1.82) is 0 Å². The maximum absolute atomic E-state index is 12.9. The van der Waals surface area contributed by atoms with Crippen LogP contribution < -0.4 is 5.43 Å². The number of nitrogens with one attached hydrogen (secondary N) is 1. The molecule has 0 radical (unpaired) electrons. The number of pyridine rings is 1. The summed E-state index contributed by atoms with van der Waals surface area (Å²) in [5.74, 6) is -1.54. The smallest absolute Gasteiger partial charge is 0.165 e. The van der Waals surface area contributed by atoms with E-state index in [0.29, 0.717) is 21.4 Å². The molecule has 1 aromatic carbocycles. The molecule has 2 aromatic rings. The van der Waals surface area contributed by atoms with Crippen LogP contribution in [-0.4, -0.2) is 11.2 Å². The Hall–Kier alpha value is -1.72. The van der Waals surface area contributed by atoms with Crippen molar-refractivity contribution in [2.75, 3.05) is 5.43 Å². The van der Waals surface area contributed by atoms with Gasteiger partial charge in [-0.15, -0.1) is 0 Å². The van der Waals surface area contributed by atoms with Crippen molar-refractivity contribution in [3.05, 3.63) is 57.7 Å². The van der Waals surface area contributed by atoms with E-state index < -0.39 is 11.6 Å². The van der Waals surface area contributed by atoms with Crippen LogP contribution in [0.3, 0.4) is 0 Å². The molecular weight excluding hydrogens is 295 g/mol. The van der Waals surface area contributed by atoms with E-state index >= 15 is 0 Å². The summed E-state index contributed by atoms with van der Waals surface area (Å²) in [5.41, 5.74) is 2.97. The molecule has 0 unspecified atom stereocenters. The molecule has 1 heterocycles. The summed E-state index contributed by atoms with van der Waals surface area (Å²) in [6.07, 6.45) is 2.72. The zero-order chi connectivity index (χ0) is 13.8. The van der Waals surface area contributed by atoms with Gasteiger partial charge in [-0.25, -0.2) is 13.8 Å². The molecule has 1 aromatic heterocycles. The molecule has 0 aliphatic rings. The normalized spacial score (nSPS) is 10.9. The van der Waals surface area contributed by atoms with E-state index in [9.17, 15) is 8.78 Å². The minimum Gasteiger partial charge on any atom is -0.260 e. The van der Waals surface area contributed by atoms with Crippen molar-refractivity contribution in [2.24, 2.45) is 5.10 Å². The van der Waals surface area contributed by atoms with Crippen LogP contribution in [0.4, 0.5) is 14.6 Å². The largest absolute Gasteiger partial charge is 0.260 e. The molecule has 19 heavy (non-hydrogen) atoms. The van der Waals surface area contributed by atoms with Crippen molar-refractivity contribution >= 4 is 35.2 Å². The molecule has 0 saturated heterocycles. The molecule has 0 atom stereocenters. The summed E-state index contributed by atoms with van der Waals surface area (Å²) in [4.78, 5) is 3.92. The number of benzene rings is 1. The average Bonchev–Trinajstić information content (AvgIpc) is 2.36. The fraction of sp³-hybridized carbons (Fsp3) is 0. The van der Waals surface area contributed by atoms with E-state index in [1.165, 1.54) is 24.5 Å². The molecule has 3 nitrogen and oxygen atoms in total. The molecule has 0 aliphatic carbocycles. The van der Waals surface area contributed by atoms with Crippen molar-refractivity contribution in [2.45, 2.75) is 0 Å². The number of halogens is 4. The minimum absolute atomic E-state index is 0.301. The highest BCUT2D eigenvalue weighted by Crippen LogP contribution is 2.22. The highest BCUT2D eigenvalue weighted by atomic mass is 35.5. The fourth-order valence-electron chi connectivity index (χ4n) is 1.26. The Kier molecular flexibility index (Phi) is 4.29. The van der Waals surface area contributed by atoms with E-state index in [0.717, 1.165) is 12.1 Å². The Morgan fingerprint density at radius 2 is 1.95 bits per heavy atom. The second kappa shape index (κ2) is 5.95. The van der Waals surface area contributed by atoms with Crippen molar-refractivity contribution < 1.29 is 8.78 Å². The Labute approximate surface area is 117 Å². The summed E-state index contributed by atoms with van der Waals surface area (Å²) in [6.45, 7) is 0. The summed E-state index contributed by atoms with van der Waals surface area (Å²) in [7, 11) is 0. The highest BCUT2D eigenvalue weighted by molar-refractivity contribution is 6.35. The minimum atomic E-state index is -0.938. The molecule has 0 saturated carbocycles. The highest BCUT2D eigenvalue weighted by Gasteiger charge is 2.02. The summed E-state index contributed by atoms with van der Waals surface area (Å²) in [5, 5.41) is 4.52. The van der Waals surface area contributed by atoms with Gasteiger partial charge in [0.05, 0.1) is 16.3 Å². The lowest BCUT2D eigenvalue weighted by molar-refractivity contribution is 0.508. The molecule has 0 aliphatic heterocycles. The van der Waals surface area contributed by atoms with E-state index in [-0.39, 0.29) is 0 Å². The number of anilines is 1. The third kappa shape index (κ3) is 3.62. The molecule has 2 rings (SSSR count). The van der Waals surface area contributed by atoms with E-state index in [2.05, 4.69) is 15.5 Å². The number of hydrazone groups is 1. The van der Waals surface area contributed by atoms with Crippen LogP contribution in [0.25, 0.3) is 0 Å². The lowest BCUT2D eigenvalue weighted by Gasteiger charge is -2.02. The van der Waals surface area contributed by atoms with E-state index in [1.807, 2.05) is 0 Å². The van der Waals surface area contributed by atoms with Gasteiger partial charge in [-0.3, -0.25) is 5.43 Å². The lowest BCUT2D eigenvalue weighted by atomic mass is 10.2. The van der Waals surface area contributed by atoms with Gasteiger partial charge in [-0.2, -0.15) is 5.10 Å². The van der Waals surface area contributed by atoms with Crippen molar-refractivity contribution in [3.8, 4) is 0 Å². The Morgan fingerprint density at radius 3 is 2.63 bits per heavy atom. The van der Waals surface area contributed by atoms with Gasteiger partial charge in [-0.1, -0.05) is 29.3 Å². The Morgan fingerprint density at radius 1 is 1.16 bits per heavy atom. The third-order valence-electron chi connectivity index (χ3n) is 2.14. The summed E-state index contributed by atoms with van der Waals surface area (Å²) < 4.78 is 25.6. The Balaban J connectivity index is 2.09. The van der Waals surface area contributed by atoms with Gasteiger partial charge in [-0.05, 0) is 23.8 Å². The molecule has 98 valence electrons. The number of hydrogen-bond donors (Lipinski definition) is 1. The molecule has 0 fully saturated rings. The first-order chi connectivity index (χ1) is 9.06. The third-order valence-corrected chi connectivity index (χ3v) is 2.63. The van der Waals surface area contributed by atoms with Gasteiger partial charge < -0.3 is 0 Å². The molecular formula is C12H7Cl2F2N3. The second-order valence-electron chi connectivity index (χ2n) is 3.53. The zero-order valence-corrected chi connectivity index (χ0v) is 10.9. The predicted molar refractivity (Wildman–Crippen MR) is 71.8 cm³/mol. The average molecular weight is 302 g/mol. The van der Waals surface area contributed by atoms with Crippen LogP contribution in [0.15, 0.2) is 35.6 Å². The second-order valence-corrected chi connectivity index (χ2v) is 4.37. The van der Waals surface area contributed by atoms with Crippen LogP contribution >= 0.6 is 23.2 Å². The zero-order valence-electron chi connectivity index (χ0n) is 9.37. The maximum Gasteiger partial charge on any atom is 0.165 e. The number of hydrogen-bond acceptors (Lipinski definition) is 3. The van der Waals surface area contributed by atoms with Gasteiger partial charge in [0, 0.05) is 6.20 Å². The molecule has 1 N–H and O–H groups in total. The molecule has 7 heteroatoms. The molecule has 0 amide bonds. The standard InChI is InChI=1S/C12H7Cl2F2N3/c13-8-4-9(14)12(17-6-8)19-18-5-7-1-2-10(15)11(16)3-7/h1-6H,(H,17,19)/b18-5+. The first-order valence-electron chi connectivity index (χ1n) is 5.11. The molecule has 0 spiro atoms. The fourth-order valence-corrected chi connectivity index (χ4v) is 1.68. The number of aromatic nitrogens is 1. The van der Waals surface area contributed by atoms with Crippen molar-refractivity contribution in [3.63, 3.8) is 0 Å². The van der Waals surface area contributed by atoms with Crippen molar-refractivity contribution in [1.82, 2.24) is 4.98 Å². The van der Waals surface area contributed by atoms with E-state index in [1.54, 1.807) is 0 Å². The predicted octanol–water partition coefficient (Wildman–Crippen LogP) is 4.11. The SMILES string of the molecule is Fc1ccc(/C=N/Nc2ncc(Cl)cc2Cl)cc1F. The van der Waals surface area contributed by atoms with Gasteiger partial charge in [0.2, 0.25) is 0 Å². The molecule has 0 bridgehead atoms. The summed E-state index contributed by atoms with van der Waals surface area (Å²) in [6, 6.07) is 4.94. The first-order valence-corrected chi connectivity index (χ1v) is 5.87. The van der Waals surface area contributed by atoms with Gasteiger partial charge in [0.15, 0.2) is 17.5 Å². The van der Waals surface area contributed by atoms with Crippen LogP contribution in [0, 0.1) is 11.6 Å². The van der Waals surface area contributed by atoms with Gasteiger partial charge in [0.25, 0.3) is 0 Å². The van der Waals surface area contributed by atoms with Crippen LogP contribution in [0.1, 0.15) is 5.56 Å². The van der Waals surface area contributed by atoms with Crippen LogP contribution in [-0.2, 0) is 0 Å². The monoisotopic (exact) mass is 301 g/mol. The first kappa shape index (κ1) is 13.7. The summed E-state index contributed by atoms with van der Waals surface area (Å²) >= 11 is 11.6. The van der Waals surface area contributed by atoms with Gasteiger partial charge in [0.1, 0.15) is 0 Å². The lowest BCUT2D eigenvalue weighted by Crippen LogP contribution is -1.95. The van der Waals surface area contributed by atoms with Gasteiger partial charge >= 0.3 is 0 Å². The van der Waals surface area contributed by atoms with Crippen LogP contribution in [0.2, 0.25) is 10.0 Å². The Bertz CT molecular complexity index is 632. The quantitative estimate of drug-likeness (QED) is 0.684. The number of nitrogens with zero attached hydrogens (tertiary/aromatic N) is 2.